The lowest BCUT2D eigenvalue weighted by Gasteiger charge is -2.07. The van der Waals surface area contributed by atoms with Crippen LogP contribution in [0.3, 0.4) is 0 Å². The van der Waals surface area contributed by atoms with Gasteiger partial charge in [0.15, 0.2) is 0 Å². The molecule has 94 valence electrons. The summed E-state index contributed by atoms with van der Waals surface area (Å²) in [4.78, 5) is 7.79. The average Bonchev–Trinajstić information content (AvgIpc) is 2.39. The Morgan fingerprint density at radius 2 is 2.00 bits per heavy atom. The average molecular weight is 314 g/mol. The maximum Gasteiger partial charge on any atom is 0.144 e. The number of nitrogens with zero attached hydrogens (tertiary/aromatic N) is 2. The quantitative estimate of drug-likeness (QED) is 0.882. The van der Waals surface area contributed by atoms with E-state index in [0.717, 1.165) is 5.69 Å². The number of rotatable bonds is 4. The predicted octanol–water partition coefficient (Wildman–Crippen LogP) is 2.81. The number of nitrogens with one attached hydrogen (secondary N) is 1. The zero-order valence-corrected chi connectivity index (χ0v) is 10.9. The van der Waals surface area contributed by atoms with Crippen molar-refractivity contribution in [3.05, 3.63) is 58.1 Å². The Morgan fingerprint density at radius 1 is 1.17 bits per heavy atom. The van der Waals surface area contributed by atoms with Crippen LogP contribution in [0.1, 0.15) is 11.3 Å². The topological polar surface area (TPSA) is 37.8 Å². The van der Waals surface area contributed by atoms with Crippen LogP contribution in [-0.4, -0.2) is 9.97 Å². The van der Waals surface area contributed by atoms with Crippen molar-refractivity contribution in [2.45, 2.75) is 13.1 Å². The minimum atomic E-state index is -0.579. The predicted molar refractivity (Wildman–Crippen MR) is 66.6 cm³/mol. The minimum absolute atomic E-state index is 0.0124. The van der Waals surface area contributed by atoms with Gasteiger partial charge in [0.2, 0.25) is 0 Å². The van der Waals surface area contributed by atoms with E-state index < -0.39 is 11.6 Å². The van der Waals surface area contributed by atoms with Gasteiger partial charge >= 0.3 is 0 Å². The van der Waals surface area contributed by atoms with Crippen LogP contribution in [0, 0.1) is 11.6 Å². The fraction of sp³-hybridized carbons (Fsp3) is 0.167. The summed E-state index contributed by atoms with van der Waals surface area (Å²) >= 11 is 3.03. The third-order valence-electron chi connectivity index (χ3n) is 2.39. The van der Waals surface area contributed by atoms with E-state index in [4.69, 9.17) is 0 Å². The van der Waals surface area contributed by atoms with Crippen LogP contribution in [0.4, 0.5) is 8.78 Å². The third kappa shape index (κ3) is 3.08. The summed E-state index contributed by atoms with van der Waals surface area (Å²) in [6.07, 6.45) is 3.04. The minimum Gasteiger partial charge on any atom is -0.307 e. The summed E-state index contributed by atoms with van der Waals surface area (Å²) in [7, 11) is 0. The molecule has 0 amide bonds. The fourth-order valence-electron chi connectivity index (χ4n) is 1.47. The molecule has 0 aliphatic rings. The summed E-state index contributed by atoms with van der Waals surface area (Å²) in [6, 6.07) is 4.31. The smallest absolute Gasteiger partial charge is 0.144 e. The number of halogens is 3. The van der Waals surface area contributed by atoms with Gasteiger partial charge in [0, 0.05) is 24.8 Å². The maximum atomic E-state index is 13.6. The Bertz CT molecular complexity index is 534. The molecule has 2 rings (SSSR count). The highest BCUT2D eigenvalue weighted by molar-refractivity contribution is 9.10. The number of aromatic nitrogens is 2. The number of benzene rings is 1. The molecule has 1 aromatic carbocycles. The molecule has 1 N–H and O–H groups in total. The van der Waals surface area contributed by atoms with Crippen molar-refractivity contribution < 1.29 is 8.78 Å². The van der Waals surface area contributed by atoms with E-state index in [0.29, 0.717) is 6.54 Å². The lowest BCUT2D eigenvalue weighted by atomic mass is 10.2. The monoisotopic (exact) mass is 313 g/mol. The first-order valence-electron chi connectivity index (χ1n) is 5.26. The molecule has 0 unspecified atom stereocenters. The van der Waals surface area contributed by atoms with E-state index in [1.165, 1.54) is 18.5 Å². The van der Waals surface area contributed by atoms with Crippen molar-refractivity contribution in [3.63, 3.8) is 0 Å². The first kappa shape index (κ1) is 13.0. The van der Waals surface area contributed by atoms with Gasteiger partial charge in [0.1, 0.15) is 18.0 Å². The van der Waals surface area contributed by atoms with Crippen LogP contribution in [0.5, 0.6) is 0 Å². The van der Waals surface area contributed by atoms with Crippen LogP contribution >= 0.6 is 15.9 Å². The highest BCUT2D eigenvalue weighted by atomic mass is 79.9. The van der Waals surface area contributed by atoms with Crippen molar-refractivity contribution in [2.75, 3.05) is 0 Å². The van der Waals surface area contributed by atoms with Gasteiger partial charge in [-0.2, -0.15) is 0 Å². The Hall–Kier alpha value is -1.40. The second kappa shape index (κ2) is 5.97. The number of hydrogen-bond donors (Lipinski definition) is 1. The second-order valence-corrected chi connectivity index (χ2v) is 4.48. The SMILES string of the molecule is Fc1ccc(Br)c(F)c1CNCc1ccncn1. The fourth-order valence-corrected chi connectivity index (χ4v) is 1.84. The summed E-state index contributed by atoms with van der Waals surface area (Å²) in [6.45, 7) is 0.523. The summed E-state index contributed by atoms with van der Waals surface area (Å²) in [5.41, 5.74) is 0.777. The molecule has 0 spiro atoms. The van der Waals surface area contributed by atoms with Crippen molar-refractivity contribution in [1.29, 1.82) is 0 Å². The lowest BCUT2D eigenvalue weighted by Crippen LogP contribution is -2.16. The molecule has 0 aliphatic heterocycles. The molecule has 0 saturated heterocycles. The molecule has 1 aromatic heterocycles. The van der Waals surface area contributed by atoms with Crippen molar-refractivity contribution in [2.24, 2.45) is 0 Å². The third-order valence-corrected chi connectivity index (χ3v) is 3.00. The van der Waals surface area contributed by atoms with E-state index >= 15 is 0 Å². The summed E-state index contributed by atoms with van der Waals surface area (Å²) in [5.74, 6) is -1.14. The van der Waals surface area contributed by atoms with Gasteiger partial charge in [0.05, 0.1) is 10.2 Å². The lowest BCUT2D eigenvalue weighted by molar-refractivity contribution is 0.530. The Kier molecular flexibility index (Phi) is 4.33. The van der Waals surface area contributed by atoms with Crippen LogP contribution in [-0.2, 0) is 13.1 Å². The molecule has 3 nitrogen and oxygen atoms in total. The maximum absolute atomic E-state index is 13.6. The second-order valence-electron chi connectivity index (χ2n) is 3.63. The molecule has 2 aromatic rings. The molecular formula is C12H10BrF2N3. The largest absolute Gasteiger partial charge is 0.307 e. The van der Waals surface area contributed by atoms with E-state index in [1.54, 1.807) is 12.3 Å². The highest BCUT2D eigenvalue weighted by Gasteiger charge is 2.11. The van der Waals surface area contributed by atoms with Gasteiger partial charge in [0.25, 0.3) is 0 Å². The highest BCUT2D eigenvalue weighted by Crippen LogP contribution is 2.21. The zero-order valence-electron chi connectivity index (χ0n) is 9.33. The van der Waals surface area contributed by atoms with Gasteiger partial charge in [-0.05, 0) is 34.1 Å². The first-order chi connectivity index (χ1) is 8.68. The molecule has 18 heavy (non-hydrogen) atoms. The van der Waals surface area contributed by atoms with Gasteiger partial charge in [-0.25, -0.2) is 18.7 Å². The summed E-state index contributed by atoms with van der Waals surface area (Å²) < 4.78 is 27.3. The molecule has 0 radical (unpaired) electrons. The summed E-state index contributed by atoms with van der Waals surface area (Å²) in [5, 5.41) is 2.94. The van der Waals surface area contributed by atoms with Gasteiger partial charge < -0.3 is 5.32 Å². The van der Waals surface area contributed by atoms with E-state index in [1.807, 2.05) is 0 Å². The standard InChI is InChI=1S/C12H10BrF2N3/c13-10-1-2-11(14)9(12(10)15)6-17-5-8-3-4-16-7-18-8/h1-4,7,17H,5-6H2. The molecule has 0 aliphatic carbocycles. The molecule has 1 heterocycles. The Balaban J connectivity index is 2.01. The molecular weight excluding hydrogens is 304 g/mol. The van der Waals surface area contributed by atoms with Crippen LogP contribution < -0.4 is 5.32 Å². The van der Waals surface area contributed by atoms with Gasteiger partial charge in [-0.1, -0.05) is 0 Å². The van der Waals surface area contributed by atoms with E-state index in [-0.39, 0.29) is 16.6 Å². The van der Waals surface area contributed by atoms with Crippen LogP contribution in [0.25, 0.3) is 0 Å². The molecule has 0 saturated carbocycles. The van der Waals surface area contributed by atoms with E-state index in [2.05, 4.69) is 31.2 Å². The van der Waals surface area contributed by atoms with Crippen molar-refractivity contribution >= 4 is 15.9 Å². The molecule has 0 bridgehead atoms. The van der Waals surface area contributed by atoms with Gasteiger partial charge in [-0.3, -0.25) is 0 Å². The molecule has 0 atom stereocenters. The normalized spacial score (nSPS) is 10.6. The zero-order chi connectivity index (χ0) is 13.0. The first-order valence-corrected chi connectivity index (χ1v) is 6.06. The number of hydrogen-bond acceptors (Lipinski definition) is 3. The van der Waals surface area contributed by atoms with Crippen LogP contribution in [0.15, 0.2) is 35.2 Å². The van der Waals surface area contributed by atoms with Crippen LogP contribution in [0.2, 0.25) is 0 Å². The van der Waals surface area contributed by atoms with E-state index in [9.17, 15) is 8.78 Å². The van der Waals surface area contributed by atoms with Gasteiger partial charge in [-0.15, -0.1) is 0 Å². The Morgan fingerprint density at radius 3 is 2.72 bits per heavy atom. The molecule has 0 fully saturated rings. The Labute approximate surface area is 111 Å². The molecule has 6 heteroatoms. The van der Waals surface area contributed by atoms with Crippen molar-refractivity contribution in [3.8, 4) is 0 Å². The van der Waals surface area contributed by atoms with Crippen molar-refractivity contribution in [1.82, 2.24) is 15.3 Å².